The van der Waals surface area contributed by atoms with Crippen molar-refractivity contribution in [3.05, 3.63) is 66.6 Å². The summed E-state index contributed by atoms with van der Waals surface area (Å²) in [7, 11) is 0. The van der Waals surface area contributed by atoms with Gasteiger partial charge in [-0.05, 0) is 48.4 Å². The molecule has 6 rings (SSSR count). The second kappa shape index (κ2) is 6.89. The van der Waals surface area contributed by atoms with E-state index in [0.29, 0.717) is 5.82 Å². The fourth-order valence-electron chi connectivity index (χ4n) is 4.06. The highest BCUT2D eigenvalue weighted by atomic mass is 15.1. The van der Waals surface area contributed by atoms with Crippen LogP contribution in [0.25, 0.3) is 50.3 Å². The van der Waals surface area contributed by atoms with Crippen molar-refractivity contribution in [3.8, 4) is 22.6 Å². The molecule has 0 bridgehead atoms. The summed E-state index contributed by atoms with van der Waals surface area (Å²) in [6, 6.07) is 12.4. The first-order valence-corrected chi connectivity index (χ1v) is 10.0. The van der Waals surface area contributed by atoms with E-state index in [1.807, 2.05) is 24.4 Å². The first kappa shape index (κ1) is 17.1. The van der Waals surface area contributed by atoms with Crippen molar-refractivity contribution >= 4 is 27.6 Å². The molecule has 3 N–H and O–H groups in total. The zero-order valence-electron chi connectivity index (χ0n) is 16.2. The van der Waals surface area contributed by atoms with Gasteiger partial charge in [-0.25, -0.2) is 9.97 Å². The Balaban J connectivity index is 1.50. The van der Waals surface area contributed by atoms with E-state index in [1.54, 1.807) is 12.4 Å². The van der Waals surface area contributed by atoms with Crippen LogP contribution in [0.5, 0.6) is 0 Å². The van der Waals surface area contributed by atoms with E-state index < -0.39 is 0 Å². The van der Waals surface area contributed by atoms with Crippen molar-refractivity contribution in [1.82, 2.24) is 35.5 Å². The number of hydrogen-bond donors (Lipinski definition) is 3. The Morgan fingerprint density at radius 2 is 2.00 bits per heavy atom. The number of H-pyrrole nitrogens is 2. The molecule has 4 aromatic heterocycles. The predicted molar refractivity (Wildman–Crippen MR) is 118 cm³/mol. The lowest BCUT2D eigenvalue weighted by atomic mass is 9.98. The molecule has 1 aliphatic heterocycles. The molecule has 0 fully saturated rings. The van der Waals surface area contributed by atoms with E-state index in [4.69, 9.17) is 4.98 Å². The van der Waals surface area contributed by atoms with Crippen molar-refractivity contribution < 1.29 is 0 Å². The van der Waals surface area contributed by atoms with E-state index in [-0.39, 0.29) is 0 Å². The fraction of sp³-hybridized carbons (Fsp3) is 0.130. The lowest BCUT2D eigenvalue weighted by Gasteiger charge is -2.14. The van der Waals surface area contributed by atoms with Crippen molar-refractivity contribution in [1.29, 1.82) is 0 Å². The number of aromatic nitrogens is 6. The van der Waals surface area contributed by atoms with Gasteiger partial charge in [0.25, 0.3) is 0 Å². The Labute approximate surface area is 172 Å². The molecule has 1 aliphatic rings. The molecule has 5 aromatic rings. The number of fused-ring (bicyclic) bond motifs is 2. The van der Waals surface area contributed by atoms with Crippen molar-refractivity contribution in [2.75, 3.05) is 13.1 Å². The molecule has 1 aromatic carbocycles. The molecular formula is C23H19N7. The molecule has 7 nitrogen and oxygen atoms in total. The monoisotopic (exact) mass is 393 g/mol. The standard InChI is InChI=1S/C23H19N7/c1-2-16(13-25-8-1)17-7-11-26-22-20(17)27-23(28-22)21-18-12-15(3-4-19(18)29-30-21)14-5-9-24-10-6-14/h1-5,7-8,11-13,24H,6,9-10H2,(H,29,30)(H,26,27,28). The molecule has 5 heterocycles. The third kappa shape index (κ3) is 2.79. The number of aromatic amines is 2. The largest absolute Gasteiger partial charge is 0.321 e. The summed E-state index contributed by atoms with van der Waals surface area (Å²) in [4.78, 5) is 16.9. The summed E-state index contributed by atoms with van der Waals surface area (Å²) in [6.07, 6.45) is 8.68. The fourth-order valence-corrected chi connectivity index (χ4v) is 4.06. The molecule has 30 heavy (non-hydrogen) atoms. The Morgan fingerprint density at radius 3 is 2.87 bits per heavy atom. The van der Waals surface area contributed by atoms with Crippen LogP contribution >= 0.6 is 0 Å². The summed E-state index contributed by atoms with van der Waals surface area (Å²) in [6.45, 7) is 1.92. The van der Waals surface area contributed by atoms with Gasteiger partial charge < -0.3 is 10.3 Å². The van der Waals surface area contributed by atoms with E-state index in [2.05, 4.69) is 54.7 Å². The van der Waals surface area contributed by atoms with Crippen molar-refractivity contribution in [2.24, 2.45) is 0 Å². The zero-order valence-corrected chi connectivity index (χ0v) is 16.2. The van der Waals surface area contributed by atoms with Gasteiger partial charge in [0, 0.05) is 41.6 Å². The van der Waals surface area contributed by atoms with E-state index in [9.17, 15) is 0 Å². The van der Waals surface area contributed by atoms with Gasteiger partial charge in [0.05, 0.1) is 5.52 Å². The van der Waals surface area contributed by atoms with Crippen LogP contribution in [0.1, 0.15) is 12.0 Å². The first-order valence-electron chi connectivity index (χ1n) is 10.0. The van der Waals surface area contributed by atoms with Crippen LogP contribution in [-0.4, -0.2) is 43.2 Å². The van der Waals surface area contributed by atoms with Gasteiger partial charge in [-0.2, -0.15) is 5.10 Å². The molecule has 0 aliphatic carbocycles. The van der Waals surface area contributed by atoms with E-state index in [1.165, 1.54) is 11.1 Å². The number of imidazole rings is 1. The van der Waals surface area contributed by atoms with Gasteiger partial charge in [-0.3, -0.25) is 10.1 Å². The Kier molecular flexibility index (Phi) is 3.92. The minimum Gasteiger partial charge on any atom is -0.321 e. The van der Waals surface area contributed by atoms with E-state index in [0.717, 1.165) is 58.4 Å². The summed E-state index contributed by atoms with van der Waals surface area (Å²) in [5.74, 6) is 0.705. The average Bonchev–Trinajstić information content (AvgIpc) is 3.43. The van der Waals surface area contributed by atoms with Gasteiger partial charge in [0.15, 0.2) is 11.5 Å². The van der Waals surface area contributed by atoms with Crippen molar-refractivity contribution in [2.45, 2.75) is 6.42 Å². The number of pyridine rings is 2. The summed E-state index contributed by atoms with van der Waals surface area (Å²) in [5.41, 5.74) is 7.95. The first-order chi connectivity index (χ1) is 14.9. The lowest BCUT2D eigenvalue weighted by molar-refractivity contribution is 0.739. The maximum atomic E-state index is 4.87. The number of hydrogen-bond acceptors (Lipinski definition) is 5. The smallest absolute Gasteiger partial charge is 0.160 e. The van der Waals surface area contributed by atoms with Gasteiger partial charge >= 0.3 is 0 Å². The highest BCUT2D eigenvalue weighted by Crippen LogP contribution is 2.32. The maximum absolute atomic E-state index is 4.87. The molecule has 0 atom stereocenters. The molecule has 0 spiro atoms. The Hall–Kier alpha value is -3.84. The van der Waals surface area contributed by atoms with Crippen LogP contribution in [-0.2, 0) is 0 Å². The highest BCUT2D eigenvalue weighted by molar-refractivity contribution is 5.97. The molecule has 0 saturated heterocycles. The van der Waals surface area contributed by atoms with Crippen LogP contribution in [0, 0.1) is 0 Å². The van der Waals surface area contributed by atoms with Crippen LogP contribution < -0.4 is 5.32 Å². The SMILES string of the molecule is C1=C(c2ccc3[nH]nc(-c4nc5c(-c6cccnc6)ccnc5[nH]4)c3c2)CCNC1. The molecule has 0 radical (unpaired) electrons. The zero-order chi connectivity index (χ0) is 19.9. The second-order valence-electron chi connectivity index (χ2n) is 7.40. The number of rotatable bonds is 3. The normalized spacial score (nSPS) is 14.3. The molecular weight excluding hydrogens is 374 g/mol. The summed E-state index contributed by atoms with van der Waals surface area (Å²) in [5, 5.41) is 12.1. The van der Waals surface area contributed by atoms with Crippen LogP contribution in [0.15, 0.2) is 61.1 Å². The Morgan fingerprint density at radius 1 is 1.00 bits per heavy atom. The van der Waals surface area contributed by atoms with Gasteiger partial charge in [0.2, 0.25) is 0 Å². The third-order valence-corrected chi connectivity index (χ3v) is 5.58. The number of benzene rings is 1. The molecule has 146 valence electrons. The molecule has 7 heteroatoms. The minimum absolute atomic E-state index is 0.705. The highest BCUT2D eigenvalue weighted by Gasteiger charge is 2.17. The lowest BCUT2D eigenvalue weighted by Crippen LogP contribution is -2.19. The van der Waals surface area contributed by atoms with Gasteiger partial charge in [-0.1, -0.05) is 18.2 Å². The summed E-state index contributed by atoms with van der Waals surface area (Å²) >= 11 is 0. The maximum Gasteiger partial charge on any atom is 0.160 e. The van der Waals surface area contributed by atoms with Gasteiger partial charge in [-0.15, -0.1) is 0 Å². The predicted octanol–water partition coefficient (Wildman–Crippen LogP) is 3.94. The van der Waals surface area contributed by atoms with Crippen LogP contribution in [0.3, 0.4) is 0 Å². The second-order valence-corrected chi connectivity index (χ2v) is 7.40. The average molecular weight is 393 g/mol. The Bertz CT molecular complexity index is 1400. The summed E-state index contributed by atoms with van der Waals surface area (Å²) < 4.78 is 0. The quantitative estimate of drug-likeness (QED) is 0.432. The van der Waals surface area contributed by atoms with Crippen LogP contribution in [0.4, 0.5) is 0 Å². The minimum atomic E-state index is 0.705. The molecule has 0 saturated carbocycles. The van der Waals surface area contributed by atoms with Crippen molar-refractivity contribution in [3.63, 3.8) is 0 Å². The number of nitrogens with one attached hydrogen (secondary N) is 3. The van der Waals surface area contributed by atoms with Gasteiger partial charge in [0.1, 0.15) is 11.2 Å². The van der Waals surface area contributed by atoms with E-state index >= 15 is 0 Å². The topological polar surface area (TPSA) is 95.2 Å². The molecule has 0 amide bonds. The number of nitrogens with zero attached hydrogens (tertiary/aromatic N) is 4. The van der Waals surface area contributed by atoms with Crippen LogP contribution in [0.2, 0.25) is 0 Å². The third-order valence-electron chi connectivity index (χ3n) is 5.58. The molecule has 0 unspecified atom stereocenters.